The van der Waals surface area contributed by atoms with Crippen molar-refractivity contribution in [1.29, 1.82) is 0 Å². The lowest BCUT2D eigenvalue weighted by Crippen LogP contribution is -2.28. The summed E-state index contributed by atoms with van der Waals surface area (Å²) in [6.45, 7) is 1.56. The molecule has 0 heterocycles. The summed E-state index contributed by atoms with van der Waals surface area (Å²) in [4.78, 5) is 14.0. The first kappa shape index (κ1) is 17.0. The van der Waals surface area contributed by atoms with Gasteiger partial charge in [0.05, 0.1) is 0 Å². The first-order chi connectivity index (χ1) is 11.1. The van der Waals surface area contributed by atoms with Crippen molar-refractivity contribution in [3.05, 3.63) is 66.0 Å². The zero-order chi connectivity index (χ0) is 16.5. The molecule has 0 aliphatic carbocycles. The van der Waals surface area contributed by atoms with Gasteiger partial charge in [-0.2, -0.15) is 0 Å². The molecule has 2 aromatic carbocycles. The SMILES string of the molecule is CN(CCCNC(=O)CCc1ccc(F)cc1)c1ccccc1. The average Bonchev–Trinajstić information content (AvgIpc) is 2.59. The Hall–Kier alpha value is -2.36. The molecular weight excluding hydrogens is 291 g/mol. The van der Waals surface area contributed by atoms with E-state index in [1.54, 1.807) is 12.1 Å². The highest BCUT2D eigenvalue weighted by Crippen LogP contribution is 2.10. The molecule has 1 N–H and O–H groups in total. The molecule has 0 saturated carbocycles. The van der Waals surface area contributed by atoms with E-state index in [4.69, 9.17) is 0 Å². The second-order valence-electron chi connectivity index (χ2n) is 5.59. The highest BCUT2D eigenvalue weighted by molar-refractivity contribution is 5.76. The van der Waals surface area contributed by atoms with Gasteiger partial charge < -0.3 is 10.2 Å². The lowest BCUT2D eigenvalue weighted by Gasteiger charge is -2.19. The second kappa shape index (κ2) is 8.93. The van der Waals surface area contributed by atoms with Gasteiger partial charge in [-0.15, -0.1) is 0 Å². The Kier molecular flexibility index (Phi) is 6.60. The molecule has 0 saturated heterocycles. The third-order valence-corrected chi connectivity index (χ3v) is 3.74. The molecule has 0 fully saturated rings. The molecule has 4 heteroatoms. The molecule has 0 spiro atoms. The first-order valence-electron chi connectivity index (χ1n) is 7.92. The van der Waals surface area contributed by atoms with E-state index in [1.807, 2.05) is 25.2 Å². The number of rotatable bonds is 8. The van der Waals surface area contributed by atoms with Gasteiger partial charge in [-0.1, -0.05) is 30.3 Å². The number of para-hydroxylation sites is 1. The third kappa shape index (κ3) is 6.10. The monoisotopic (exact) mass is 314 g/mol. The molecular formula is C19H23FN2O. The molecule has 0 bridgehead atoms. The number of hydrogen-bond acceptors (Lipinski definition) is 2. The maximum Gasteiger partial charge on any atom is 0.220 e. The molecule has 0 aliphatic rings. The highest BCUT2D eigenvalue weighted by atomic mass is 19.1. The number of carbonyl (C=O) groups excluding carboxylic acids is 1. The number of halogens is 1. The van der Waals surface area contributed by atoms with E-state index in [0.717, 1.165) is 18.5 Å². The normalized spacial score (nSPS) is 10.3. The van der Waals surface area contributed by atoms with Crippen LogP contribution in [0.4, 0.5) is 10.1 Å². The molecule has 0 atom stereocenters. The van der Waals surface area contributed by atoms with Gasteiger partial charge in [0.2, 0.25) is 5.91 Å². The molecule has 0 aromatic heterocycles. The van der Waals surface area contributed by atoms with E-state index in [9.17, 15) is 9.18 Å². The minimum Gasteiger partial charge on any atom is -0.375 e. The molecule has 2 aromatic rings. The number of benzene rings is 2. The fraction of sp³-hybridized carbons (Fsp3) is 0.316. The van der Waals surface area contributed by atoms with Crippen LogP contribution in [0.15, 0.2) is 54.6 Å². The summed E-state index contributed by atoms with van der Waals surface area (Å²) < 4.78 is 12.8. The number of amides is 1. The Morgan fingerprint density at radius 2 is 1.78 bits per heavy atom. The first-order valence-corrected chi connectivity index (χ1v) is 7.92. The molecule has 0 aliphatic heterocycles. The molecule has 0 unspecified atom stereocenters. The van der Waals surface area contributed by atoms with Crippen molar-refractivity contribution in [3.63, 3.8) is 0 Å². The van der Waals surface area contributed by atoms with Crippen molar-refractivity contribution in [2.75, 3.05) is 25.0 Å². The van der Waals surface area contributed by atoms with Gasteiger partial charge in [0.15, 0.2) is 0 Å². The van der Waals surface area contributed by atoms with Crippen LogP contribution in [0.25, 0.3) is 0 Å². The average molecular weight is 314 g/mol. The topological polar surface area (TPSA) is 32.3 Å². The predicted octanol–water partition coefficient (Wildman–Crippen LogP) is 3.40. The zero-order valence-corrected chi connectivity index (χ0v) is 13.5. The summed E-state index contributed by atoms with van der Waals surface area (Å²) in [6, 6.07) is 16.5. The van der Waals surface area contributed by atoms with E-state index in [1.165, 1.54) is 17.8 Å². The lowest BCUT2D eigenvalue weighted by molar-refractivity contribution is -0.121. The van der Waals surface area contributed by atoms with Gasteiger partial charge >= 0.3 is 0 Å². The maximum atomic E-state index is 12.8. The van der Waals surface area contributed by atoms with E-state index < -0.39 is 0 Å². The predicted molar refractivity (Wildman–Crippen MR) is 92.1 cm³/mol. The standard InChI is InChI=1S/C19H23FN2O/c1-22(18-6-3-2-4-7-18)15-5-14-21-19(23)13-10-16-8-11-17(20)12-9-16/h2-4,6-9,11-12H,5,10,13-15H2,1H3,(H,21,23). The van der Waals surface area contributed by atoms with Crippen LogP contribution in [0.3, 0.4) is 0 Å². The number of nitrogens with one attached hydrogen (secondary N) is 1. The highest BCUT2D eigenvalue weighted by Gasteiger charge is 2.03. The van der Waals surface area contributed by atoms with Crippen molar-refractivity contribution in [3.8, 4) is 0 Å². The summed E-state index contributed by atoms with van der Waals surface area (Å²) in [7, 11) is 2.05. The van der Waals surface area contributed by atoms with E-state index in [0.29, 0.717) is 19.4 Å². The number of anilines is 1. The smallest absolute Gasteiger partial charge is 0.220 e. The number of carbonyl (C=O) groups is 1. The van der Waals surface area contributed by atoms with Gasteiger partial charge in [-0.05, 0) is 42.7 Å². The summed E-state index contributed by atoms with van der Waals surface area (Å²) in [5, 5.41) is 2.93. The quantitative estimate of drug-likeness (QED) is 0.757. The van der Waals surface area contributed by atoms with Crippen molar-refractivity contribution >= 4 is 11.6 Å². The molecule has 122 valence electrons. The van der Waals surface area contributed by atoms with E-state index >= 15 is 0 Å². The Morgan fingerprint density at radius 3 is 2.48 bits per heavy atom. The Labute approximate surface area is 137 Å². The largest absolute Gasteiger partial charge is 0.375 e. The fourth-order valence-corrected chi connectivity index (χ4v) is 2.35. The summed E-state index contributed by atoms with van der Waals surface area (Å²) in [5.74, 6) is -0.211. The van der Waals surface area contributed by atoms with Gasteiger partial charge in [0.1, 0.15) is 5.82 Å². The summed E-state index contributed by atoms with van der Waals surface area (Å²) in [5.41, 5.74) is 2.15. The number of nitrogens with zero attached hydrogens (tertiary/aromatic N) is 1. The van der Waals surface area contributed by atoms with Gasteiger partial charge in [0.25, 0.3) is 0 Å². The summed E-state index contributed by atoms with van der Waals surface area (Å²) in [6.07, 6.45) is 1.96. The van der Waals surface area contributed by atoms with E-state index in [-0.39, 0.29) is 11.7 Å². The lowest BCUT2D eigenvalue weighted by atomic mass is 10.1. The minimum absolute atomic E-state index is 0.0386. The third-order valence-electron chi connectivity index (χ3n) is 3.74. The molecule has 0 radical (unpaired) electrons. The van der Waals surface area contributed by atoms with E-state index in [2.05, 4.69) is 22.3 Å². The maximum absolute atomic E-state index is 12.8. The van der Waals surface area contributed by atoms with Gasteiger partial charge in [-0.3, -0.25) is 4.79 Å². The number of aryl methyl sites for hydroxylation is 1. The van der Waals surface area contributed by atoms with Crippen LogP contribution in [0.1, 0.15) is 18.4 Å². The van der Waals surface area contributed by atoms with Crippen molar-refractivity contribution in [2.45, 2.75) is 19.3 Å². The van der Waals surface area contributed by atoms with Crippen LogP contribution in [-0.4, -0.2) is 26.0 Å². The van der Waals surface area contributed by atoms with Crippen LogP contribution < -0.4 is 10.2 Å². The number of hydrogen-bond donors (Lipinski definition) is 1. The van der Waals surface area contributed by atoms with Crippen LogP contribution in [0, 0.1) is 5.82 Å². The second-order valence-corrected chi connectivity index (χ2v) is 5.59. The molecule has 1 amide bonds. The molecule has 3 nitrogen and oxygen atoms in total. The minimum atomic E-state index is -0.249. The fourth-order valence-electron chi connectivity index (χ4n) is 2.35. The molecule has 23 heavy (non-hydrogen) atoms. The van der Waals surface area contributed by atoms with Crippen molar-refractivity contribution in [1.82, 2.24) is 5.32 Å². The molecule has 2 rings (SSSR count). The Bertz CT molecular complexity index is 599. The van der Waals surface area contributed by atoms with Crippen molar-refractivity contribution in [2.24, 2.45) is 0 Å². The van der Waals surface area contributed by atoms with Crippen LogP contribution in [0.2, 0.25) is 0 Å². The Balaban J connectivity index is 1.60. The van der Waals surface area contributed by atoms with Gasteiger partial charge in [-0.25, -0.2) is 4.39 Å². The Morgan fingerprint density at radius 1 is 1.09 bits per heavy atom. The van der Waals surface area contributed by atoms with Crippen LogP contribution >= 0.6 is 0 Å². The van der Waals surface area contributed by atoms with Crippen molar-refractivity contribution < 1.29 is 9.18 Å². The van der Waals surface area contributed by atoms with Crippen LogP contribution in [-0.2, 0) is 11.2 Å². The summed E-state index contributed by atoms with van der Waals surface area (Å²) >= 11 is 0. The van der Waals surface area contributed by atoms with Crippen LogP contribution in [0.5, 0.6) is 0 Å². The zero-order valence-electron chi connectivity index (χ0n) is 13.5. The van der Waals surface area contributed by atoms with Gasteiger partial charge in [0, 0.05) is 32.2 Å².